The van der Waals surface area contributed by atoms with Gasteiger partial charge in [0.15, 0.2) is 0 Å². The van der Waals surface area contributed by atoms with Crippen molar-refractivity contribution < 1.29 is 38.1 Å². The maximum absolute atomic E-state index is 13.4. The highest BCUT2D eigenvalue weighted by Crippen LogP contribution is 2.32. The molecule has 0 aliphatic carbocycles. The van der Waals surface area contributed by atoms with E-state index in [1.165, 1.54) is 24.3 Å². The van der Waals surface area contributed by atoms with Crippen molar-refractivity contribution in [1.29, 1.82) is 0 Å². The minimum atomic E-state index is -0.761. The summed E-state index contributed by atoms with van der Waals surface area (Å²) in [6.07, 6.45) is 4.61. The molecule has 2 N–H and O–H groups in total. The first-order valence-corrected chi connectivity index (χ1v) is 17.6. The van der Waals surface area contributed by atoms with Crippen LogP contribution in [0.4, 0.5) is 0 Å². The van der Waals surface area contributed by atoms with Gasteiger partial charge in [-0.2, -0.15) is 0 Å². The Labute approximate surface area is 312 Å². The van der Waals surface area contributed by atoms with E-state index in [1.54, 1.807) is 48.5 Å². The first-order chi connectivity index (χ1) is 26.1. The van der Waals surface area contributed by atoms with Crippen LogP contribution in [0.15, 0.2) is 97.3 Å². The normalized spacial score (nSPS) is 11.3. The van der Waals surface area contributed by atoms with E-state index >= 15 is 0 Å². The van der Waals surface area contributed by atoms with E-state index in [0.29, 0.717) is 11.5 Å². The Morgan fingerprint density at radius 2 is 0.889 bits per heavy atom. The number of fused-ring (bicyclic) bond motifs is 2. The first-order valence-electron chi connectivity index (χ1n) is 17.6. The van der Waals surface area contributed by atoms with Gasteiger partial charge in [0, 0.05) is 47.3 Å². The van der Waals surface area contributed by atoms with Crippen molar-refractivity contribution in [2.45, 2.75) is 25.7 Å². The highest BCUT2D eigenvalue weighted by molar-refractivity contribution is 5.99. The fourth-order valence-corrected chi connectivity index (χ4v) is 6.00. The number of ether oxygens (including phenoxy) is 4. The third-order valence-corrected chi connectivity index (χ3v) is 8.76. The number of hydrogen-bond donors (Lipinski definition) is 2. The summed E-state index contributed by atoms with van der Waals surface area (Å²) in [5.74, 6) is -2.18. The lowest BCUT2D eigenvalue weighted by Crippen LogP contribution is -2.18. The van der Waals surface area contributed by atoms with Gasteiger partial charge >= 0.3 is 23.9 Å². The highest BCUT2D eigenvalue weighted by atomic mass is 16.6. The van der Waals surface area contributed by atoms with Gasteiger partial charge < -0.3 is 38.7 Å². The Hall–Kier alpha value is -6.24. The Kier molecular flexibility index (Phi) is 11.9. The van der Waals surface area contributed by atoms with Crippen LogP contribution in [0.25, 0.3) is 21.8 Å². The standard InChI is InChI=1S/C42H42N4O8/c1-45(2)23-21-27-25-43-31-13-9-17-35(39(27)31)53-41(49)29-11-5-7-15-33(29)51-37(47)19-20-38(48)52-34-16-8-6-12-30(34)42(50)54-36-18-10-14-32-40(36)28(26-44-32)22-24-46(3)4/h5-18,25-26,43-44H,19-24H2,1-4H3. The molecule has 2 aromatic heterocycles. The number of aromatic nitrogens is 2. The molecule has 278 valence electrons. The number of carbonyl (C=O) groups is 4. The molecule has 0 aliphatic rings. The number of hydrogen-bond acceptors (Lipinski definition) is 10. The molecule has 0 aliphatic heterocycles. The topological polar surface area (TPSA) is 143 Å². The maximum atomic E-state index is 13.4. The monoisotopic (exact) mass is 730 g/mol. The van der Waals surface area contributed by atoms with E-state index in [4.69, 9.17) is 18.9 Å². The van der Waals surface area contributed by atoms with E-state index in [2.05, 4.69) is 19.8 Å². The molecule has 4 aromatic carbocycles. The Bertz CT molecular complexity index is 2140. The number of benzene rings is 4. The van der Waals surface area contributed by atoms with Gasteiger partial charge in [-0.3, -0.25) is 9.59 Å². The average molecular weight is 731 g/mol. The van der Waals surface area contributed by atoms with Crippen LogP contribution in [0.2, 0.25) is 0 Å². The van der Waals surface area contributed by atoms with E-state index in [0.717, 1.165) is 58.9 Å². The van der Waals surface area contributed by atoms with E-state index in [-0.39, 0.29) is 35.5 Å². The molecule has 12 heteroatoms. The molecule has 2 heterocycles. The van der Waals surface area contributed by atoms with Crippen molar-refractivity contribution in [3.63, 3.8) is 0 Å². The van der Waals surface area contributed by atoms with Crippen LogP contribution in [-0.4, -0.2) is 84.9 Å². The number of likely N-dealkylation sites (N-methyl/N-ethyl adjacent to an activating group) is 2. The van der Waals surface area contributed by atoms with Gasteiger partial charge in [-0.05, 0) is 101 Å². The molecule has 12 nitrogen and oxygen atoms in total. The van der Waals surface area contributed by atoms with Crippen molar-refractivity contribution >= 4 is 45.7 Å². The number of aromatic amines is 2. The Balaban J connectivity index is 1.07. The number of nitrogens with zero attached hydrogens (tertiary/aromatic N) is 2. The quantitative estimate of drug-likeness (QED) is 0.0878. The molecule has 0 fully saturated rings. The van der Waals surface area contributed by atoms with Crippen molar-refractivity contribution in [3.05, 3.63) is 120 Å². The van der Waals surface area contributed by atoms with Crippen LogP contribution in [0.1, 0.15) is 44.7 Å². The molecule has 0 radical (unpaired) electrons. The summed E-state index contributed by atoms with van der Waals surface area (Å²) in [7, 11) is 7.96. The molecule has 0 spiro atoms. The molecule has 0 amide bonds. The third-order valence-electron chi connectivity index (χ3n) is 8.76. The third kappa shape index (κ3) is 9.03. The predicted molar refractivity (Wildman–Crippen MR) is 204 cm³/mol. The fourth-order valence-electron chi connectivity index (χ4n) is 6.00. The van der Waals surface area contributed by atoms with Gasteiger partial charge in [0.25, 0.3) is 0 Å². The van der Waals surface area contributed by atoms with Gasteiger partial charge in [0.1, 0.15) is 34.1 Å². The second kappa shape index (κ2) is 17.1. The summed E-state index contributed by atoms with van der Waals surface area (Å²) >= 11 is 0. The molecule has 6 rings (SSSR count). The maximum Gasteiger partial charge on any atom is 0.347 e. The molecule has 0 saturated carbocycles. The SMILES string of the molecule is CN(C)CCc1c[nH]c2cccc(OC(=O)c3ccccc3OC(=O)CCC(=O)Oc3ccccc3C(=O)Oc3cccc4[nH]cc(CCN(C)C)c34)c12. The van der Waals surface area contributed by atoms with Crippen LogP contribution in [0, 0.1) is 0 Å². The summed E-state index contributed by atoms with van der Waals surface area (Å²) < 4.78 is 22.7. The van der Waals surface area contributed by atoms with Crippen molar-refractivity contribution in [1.82, 2.24) is 19.8 Å². The zero-order valence-electron chi connectivity index (χ0n) is 30.6. The van der Waals surface area contributed by atoms with Crippen LogP contribution in [0.3, 0.4) is 0 Å². The van der Waals surface area contributed by atoms with Gasteiger partial charge in [0.05, 0.1) is 12.8 Å². The second-order valence-electron chi connectivity index (χ2n) is 13.3. The second-order valence-corrected chi connectivity index (χ2v) is 13.3. The van der Waals surface area contributed by atoms with Crippen LogP contribution >= 0.6 is 0 Å². The zero-order chi connectivity index (χ0) is 38.2. The Morgan fingerprint density at radius 3 is 1.30 bits per heavy atom. The first kappa shape index (κ1) is 37.5. The van der Waals surface area contributed by atoms with Gasteiger partial charge in [-0.15, -0.1) is 0 Å². The van der Waals surface area contributed by atoms with E-state index in [9.17, 15) is 19.2 Å². The highest BCUT2D eigenvalue weighted by Gasteiger charge is 2.22. The molecule has 0 bridgehead atoms. The summed E-state index contributed by atoms with van der Waals surface area (Å²) in [6, 6.07) is 23.3. The number of nitrogens with one attached hydrogen (secondary N) is 2. The smallest absolute Gasteiger partial charge is 0.347 e. The van der Waals surface area contributed by atoms with Crippen LogP contribution in [0.5, 0.6) is 23.0 Å². The van der Waals surface area contributed by atoms with Crippen molar-refractivity contribution in [2.24, 2.45) is 0 Å². The lowest BCUT2D eigenvalue weighted by atomic mass is 10.1. The minimum absolute atomic E-state index is 0.00894. The van der Waals surface area contributed by atoms with E-state index < -0.39 is 23.9 Å². The van der Waals surface area contributed by atoms with Gasteiger partial charge in [-0.25, -0.2) is 9.59 Å². The van der Waals surface area contributed by atoms with Crippen LogP contribution < -0.4 is 18.9 Å². The summed E-state index contributed by atoms with van der Waals surface area (Å²) in [6.45, 7) is 1.62. The number of para-hydroxylation sites is 2. The average Bonchev–Trinajstić information content (AvgIpc) is 3.78. The summed E-state index contributed by atoms with van der Waals surface area (Å²) in [4.78, 5) is 63.3. The van der Waals surface area contributed by atoms with Crippen molar-refractivity contribution in [2.75, 3.05) is 41.3 Å². The minimum Gasteiger partial charge on any atom is -0.426 e. The summed E-state index contributed by atoms with van der Waals surface area (Å²) in [5.41, 5.74) is 3.77. The van der Waals surface area contributed by atoms with Crippen molar-refractivity contribution in [3.8, 4) is 23.0 Å². The zero-order valence-corrected chi connectivity index (χ0v) is 30.6. The molecule has 6 aromatic rings. The number of H-pyrrole nitrogens is 2. The largest absolute Gasteiger partial charge is 0.426 e. The summed E-state index contributed by atoms with van der Waals surface area (Å²) in [5, 5.41) is 1.61. The molecule has 54 heavy (non-hydrogen) atoms. The fraction of sp³-hybridized carbons (Fsp3) is 0.238. The number of esters is 4. The molecule has 0 atom stereocenters. The number of carbonyl (C=O) groups excluding carboxylic acids is 4. The van der Waals surface area contributed by atoms with Gasteiger partial charge in [0.2, 0.25) is 0 Å². The molecule has 0 saturated heterocycles. The Morgan fingerprint density at radius 1 is 0.500 bits per heavy atom. The molecular formula is C42H42N4O8. The van der Waals surface area contributed by atoms with Crippen LogP contribution in [-0.2, 0) is 22.4 Å². The molecular weight excluding hydrogens is 688 g/mol. The predicted octanol–water partition coefficient (Wildman–Crippen LogP) is 6.59. The number of rotatable bonds is 15. The van der Waals surface area contributed by atoms with Gasteiger partial charge in [-0.1, -0.05) is 36.4 Å². The van der Waals surface area contributed by atoms with E-state index in [1.807, 2.05) is 52.7 Å². The lowest BCUT2D eigenvalue weighted by Gasteiger charge is -2.13. The molecule has 0 unspecified atom stereocenters. The lowest BCUT2D eigenvalue weighted by molar-refractivity contribution is -0.140.